The molecule has 0 aromatic carbocycles. The maximum absolute atomic E-state index is 11.3. The van der Waals surface area contributed by atoms with E-state index in [1.54, 1.807) is 0 Å². The second-order valence-electron chi connectivity index (χ2n) is 1.50. The van der Waals surface area contributed by atoms with Crippen LogP contribution in [0.5, 0.6) is 0 Å². The first-order valence-electron chi connectivity index (χ1n) is 2.66. The molecular weight excluding hydrogens is 149 g/mol. The number of carbonyl (C=O) groups excluding carboxylic acids is 1. The van der Waals surface area contributed by atoms with E-state index < -0.39 is 32.1 Å². The van der Waals surface area contributed by atoms with Gasteiger partial charge in [0, 0.05) is 0 Å². The molecule has 0 aromatic heterocycles. The first-order chi connectivity index (χ1) is 4.66. The second kappa shape index (κ2) is 5.08. The SMILES string of the molecule is O=C(CC(F)F)OCCF. The predicted molar refractivity (Wildman–Crippen MR) is 27.6 cm³/mol. The molecule has 0 N–H and O–H groups in total. The Morgan fingerprint density at radius 1 is 1.50 bits per heavy atom. The average Bonchev–Trinajstić information content (AvgIpc) is 1.82. The Balaban J connectivity index is 3.26. The van der Waals surface area contributed by atoms with Gasteiger partial charge in [0.15, 0.2) is 0 Å². The molecule has 10 heavy (non-hydrogen) atoms. The number of halogens is 3. The smallest absolute Gasteiger partial charge is 0.311 e. The van der Waals surface area contributed by atoms with Crippen molar-refractivity contribution in [3.05, 3.63) is 0 Å². The molecule has 0 bridgehead atoms. The predicted octanol–water partition coefficient (Wildman–Crippen LogP) is 1.15. The van der Waals surface area contributed by atoms with Crippen LogP contribution in [0.3, 0.4) is 0 Å². The van der Waals surface area contributed by atoms with Crippen molar-refractivity contribution >= 4 is 5.97 Å². The summed E-state index contributed by atoms with van der Waals surface area (Å²) in [7, 11) is 0. The third-order valence-corrected chi connectivity index (χ3v) is 0.661. The summed E-state index contributed by atoms with van der Waals surface area (Å²) in [5.41, 5.74) is 0. The highest BCUT2D eigenvalue weighted by molar-refractivity contribution is 5.69. The van der Waals surface area contributed by atoms with Gasteiger partial charge in [-0.25, -0.2) is 13.2 Å². The summed E-state index contributed by atoms with van der Waals surface area (Å²) >= 11 is 0. The lowest BCUT2D eigenvalue weighted by Gasteiger charge is -1.99. The lowest BCUT2D eigenvalue weighted by atomic mass is 10.5. The summed E-state index contributed by atoms with van der Waals surface area (Å²) in [4.78, 5) is 10.1. The second-order valence-corrected chi connectivity index (χ2v) is 1.50. The van der Waals surface area contributed by atoms with Gasteiger partial charge in [-0.1, -0.05) is 0 Å². The van der Waals surface area contributed by atoms with Crippen molar-refractivity contribution < 1.29 is 22.7 Å². The van der Waals surface area contributed by atoms with Gasteiger partial charge in [0.1, 0.15) is 19.7 Å². The quantitative estimate of drug-likeness (QED) is 0.571. The third-order valence-electron chi connectivity index (χ3n) is 0.661. The molecule has 0 saturated heterocycles. The van der Waals surface area contributed by atoms with Gasteiger partial charge >= 0.3 is 5.97 Å². The van der Waals surface area contributed by atoms with Crippen molar-refractivity contribution in [3.8, 4) is 0 Å². The fraction of sp³-hybridized carbons (Fsp3) is 0.800. The summed E-state index contributed by atoms with van der Waals surface area (Å²) in [5, 5.41) is 0. The largest absolute Gasteiger partial charge is 0.463 e. The number of hydrogen-bond donors (Lipinski definition) is 0. The lowest BCUT2D eigenvalue weighted by Crippen LogP contribution is -2.10. The Hall–Kier alpha value is -0.740. The molecule has 5 heteroatoms. The zero-order valence-corrected chi connectivity index (χ0v) is 5.15. The highest BCUT2D eigenvalue weighted by atomic mass is 19.3. The number of hydrogen-bond acceptors (Lipinski definition) is 2. The van der Waals surface area contributed by atoms with Crippen molar-refractivity contribution in [2.45, 2.75) is 12.8 Å². The first kappa shape index (κ1) is 9.26. The van der Waals surface area contributed by atoms with Crippen LogP contribution in [0.15, 0.2) is 0 Å². The molecule has 0 amide bonds. The zero-order valence-electron chi connectivity index (χ0n) is 5.15. The van der Waals surface area contributed by atoms with Crippen LogP contribution in [0.25, 0.3) is 0 Å². The van der Waals surface area contributed by atoms with Gasteiger partial charge in [0.05, 0.1) is 0 Å². The van der Waals surface area contributed by atoms with Crippen molar-refractivity contribution in [2.75, 3.05) is 13.3 Å². The van der Waals surface area contributed by atoms with E-state index in [0.717, 1.165) is 0 Å². The van der Waals surface area contributed by atoms with E-state index in [1.165, 1.54) is 0 Å². The van der Waals surface area contributed by atoms with E-state index in [2.05, 4.69) is 4.74 Å². The molecule has 0 unspecified atom stereocenters. The molecule has 0 radical (unpaired) electrons. The molecule has 0 aliphatic carbocycles. The number of rotatable bonds is 4. The van der Waals surface area contributed by atoms with E-state index in [-0.39, 0.29) is 0 Å². The normalized spacial score (nSPS) is 10.0. The Morgan fingerprint density at radius 2 is 2.10 bits per heavy atom. The molecule has 0 heterocycles. The Morgan fingerprint density at radius 3 is 2.50 bits per heavy atom. The first-order valence-corrected chi connectivity index (χ1v) is 2.66. The Kier molecular flexibility index (Phi) is 4.70. The van der Waals surface area contributed by atoms with Crippen molar-refractivity contribution in [2.24, 2.45) is 0 Å². The molecule has 0 aliphatic rings. The van der Waals surface area contributed by atoms with Crippen LogP contribution in [-0.2, 0) is 9.53 Å². The molecule has 0 aliphatic heterocycles. The van der Waals surface area contributed by atoms with Gasteiger partial charge in [-0.2, -0.15) is 0 Å². The summed E-state index contributed by atoms with van der Waals surface area (Å²) < 4.78 is 37.9. The monoisotopic (exact) mass is 156 g/mol. The van der Waals surface area contributed by atoms with Crippen LogP contribution in [0, 0.1) is 0 Å². The fourth-order valence-electron chi connectivity index (χ4n) is 0.337. The van der Waals surface area contributed by atoms with Gasteiger partial charge in [0.2, 0.25) is 6.43 Å². The summed E-state index contributed by atoms with van der Waals surface area (Å²) in [6, 6.07) is 0. The van der Waals surface area contributed by atoms with Gasteiger partial charge in [0.25, 0.3) is 0 Å². The van der Waals surface area contributed by atoms with Crippen molar-refractivity contribution in [1.82, 2.24) is 0 Å². The topological polar surface area (TPSA) is 26.3 Å². The third kappa shape index (κ3) is 5.40. The molecule has 2 nitrogen and oxygen atoms in total. The van der Waals surface area contributed by atoms with Crippen LogP contribution in [0.4, 0.5) is 13.2 Å². The minimum Gasteiger partial charge on any atom is -0.463 e. The van der Waals surface area contributed by atoms with Gasteiger partial charge < -0.3 is 4.74 Å². The lowest BCUT2D eigenvalue weighted by molar-refractivity contribution is -0.146. The maximum Gasteiger partial charge on any atom is 0.311 e. The highest BCUT2D eigenvalue weighted by Gasteiger charge is 2.10. The Labute approximate surface area is 56.0 Å². The molecular formula is C5H7F3O2. The van der Waals surface area contributed by atoms with E-state index in [4.69, 9.17) is 0 Å². The van der Waals surface area contributed by atoms with Crippen LogP contribution < -0.4 is 0 Å². The van der Waals surface area contributed by atoms with E-state index >= 15 is 0 Å². The maximum atomic E-state index is 11.3. The number of ether oxygens (including phenoxy) is 1. The van der Waals surface area contributed by atoms with Gasteiger partial charge in [-0.3, -0.25) is 4.79 Å². The minimum absolute atomic E-state index is 0.439. The van der Waals surface area contributed by atoms with E-state index in [9.17, 15) is 18.0 Å². The van der Waals surface area contributed by atoms with Crippen LogP contribution >= 0.6 is 0 Å². The van der Waals surface area contributed by atoms with E-state index in [0.29, 0.717) is 0 Å². The summed E-state index contributed by atoms with van der Waals surface area (Å²) in [6.07, 6.45) is -3.67. The summed E-state index contributed by atoms with van der Waals surface area (Å²) in [5.74, 6) is -1.06. The van der Waals surface area contributed by atoms with Crippen LogP contribution in [-0.4, -0.2) is 25.7 Å². The van der Waals surface area contributed by atoms with Gasteiger partial charge in [-0.05, 0) is 0 Å². The molecule has 0 saturated carbocycles. The number of esters is 1. The number of carbonyl (C=O) groups is 1. The minimum atomic E-state index is -2.72. The molecule has 0 aromatic rings. The van der Waals surface area contributed by atoms with Crippen molar-refractivity contribution in [3.63, 3.8) is 0 Å². The zero-order chi connectivity index (χ0) is 7.98. The average molecular weight is 156 g/mol. The van der Waals surface area contributed by atoms with E-state index in [1.807, 2.05) is 0 Å². The van der Waals surface area contributed by atoms with Crippen LogP contribution in [0.2, 0.25) is 0 Å². The highest BCUT2D eigenvalue weighted by Crippen LogP contribution is 1.99. The standard InChI is InChI=1S/C5H7F3O2/c6-1-2-10-5(9)3-4(7)8/h4H,1-3H2. The molecule has 60 valence electrons. The van der Waals surface area contributed by atoms with Crippen LogP contribution in [0.1, 0.15) is 6.42 Å². The van der Waals surface area contributed by atoms with Crippen molar-refractivity contribution in [1.29, 1.82) is 0 Å². The summed E-state index contributed by atoms with van der Waals surface area (Å²) in [6.45, 7) is -1.28. The number of alkyl halides is 3. The molecule has 0 fully saturated rings. The molecule has 0 rings (SSSR count). The fourth-order valence-corrected chi connectivity index (χ4v) is 0.337. The molecule has 0 spiro atoms. The Bertz CT molecular complexity index is 105. The molecule has 0 atom stereocenters. The van der Waals surface area contributed by atoms with Gasteiger partial charge in [-0.15, -0.1) is 0 Å².